The number of rotatable bonds is 14. The molecule has 0 atom stereocenters. The number of nitrogens with zero attached hydrogens (tertiary/aromatic N) is 3. The van der Waals surface area contributed by atoms with Crippen molar-refractivity contribution in [3.05, 3.63) is 58.6 Å². The third kappa shape index (κ3) is 9.51. The summed E-state index contributed by atoms with van der Waals surface area (Å²) in [4.78, 5) is 22.5. The molecule has 0 unspecified atom stereocenters. The molecule has 2 aromatic rings. The Balaban J connectivity index is 1.70. The molecule has 0 aliphatic rings. The summed E-state index contributed by atoms with van der Waals surface area (Å²) in [5.74, 6) is 0.211. The number of nitro benzene ring substituents is 1. The maximum absolute atomic E-state index is 12.0. The van der Waals surface area contributed by atoms with Gasteiger partial charge in [-0.05, 0) is 36.8 Å². The Kier molecular flexibility index (Phi) is 10.9. The lowest BCUT2D eigenvalue weighted by Crippen LogP contribution is -2.07. The van der Waals surface area contributed by atoms with Crippen molar-refractivity contribution in [3.63, 3.8) is 0 Å². The Bertz CT molecular complexity index is 850. The number of carbonyl (C=O) groups excluding carboxylic acids is 1. The zero-order valence-electron chi connectivity index (χ0n) is 18.2. The molecule has 0 amide bonds. The van der Waals surface area contributed by atoms with Crippen LogP contribution in [0.5, 0.6) is 5.75 Å². The van der Waals surface area contributed by atoms with Gasteiger partial charge in [0.05, 0.1) is 10.6 Å². The van der Waals surface area contributed by atoms with Crippen LogP contribution >= 0.6 is 0 Å². The Morgan fingerprint density at radius 3 is 2.13 bits per heavy atom. The monoisotopic (exact) mass is 425 g/mol. The summed E-state index contributed by atoms with van der Waals surface area (Å²) >= 11 is 0. The number of esters is 1. The van der Waals surface area contributed by atoms with Crippen molar-refractivity contribution in [2.75, 3.05) is 0 Å². The van der Waals surface area contributed by atoms with Crippen molar-refractivity contribution in [1.82, 2.24) is 0 Å². The van der Waals surface area contributed by atoms with Gasteiger partial charge in [0.1, 0.15) is 5.75 Å². The first-order valence-electron chi connectivity index (χ1n) is 11.1. The van der Waals surface area contributed by atoms with E-state index in [0.29, 0.717) is 17.9 Å². The molecule has 2 rings (SSSR count). The van der Waals surface area contributed by atoms with Crippen molar-refractivity contribution in [1.29, 1.82) is 0 Å². The lowest BCUT2D eigenvalue weighted by atomic mass is 10.1. The number of carbonyl (C=O) groups is 1. The smallest absolute Gasteiger partial charge is 0.311 e. The van der Waals surface area contributed by atoms with Crippen LogP contribution in [0.2, 0.25) is 0 Å². The molecule has 31 heavy (non-hydrogen) atoms. The summed E-state index contributed by atoms with van der Waals surface area (Å²) in [6, 6.07) is 12.7. The SMILES string of the molecule is CCCCCCCCCCCC(=O)Oc1ccc(N=Nc2ccccc2[N+](=O)[O-])cc1. The number of nitro groups is 1. The van der Waals surface area contributed by atoms with E-state index in [2.05, 4.69) is 17.2 Å². The number of ether oxygens (including phenoxy) is 1. The summed E-state index contributed by atoms with van der Waals surface area (Å²) in [6.45, 7) is 2.22. The molecule has 0 aliphatic heterocycles. The van der Waals surface area contributed by atoms with E-state index >= 15 is 0 Å². The van der Waals surface area contributed by atoms with Crippen LogP contribution < -0.4 is 4.74 Å². The van der Waals surface area contributed by atoms with Crippen LogP contribution in [0.15, 0.2) is 58.8 Å². The van der Waals surface area contributed by atoms with E-state index in [-0.39, 0.29) is 17.3 Å². The van der Waals surface area contributed by atoms with Gasteiger partial charge in [-0.25, -0.2) is 0 Å². The highest BCUT2D eigenvalue weighted by Crippen LogP contribution is 2.28. The minimum atomic E-state index is -0.496. The summed E-state index contributed by atoms with van der Waals surface area (Å²) < 4.78 is 5.35. The summed E-state index contributed by atoms with van der Waals surface area (Å²) in [5.41, 5.74) is 0.592. The molecule has 0 fully saturated rings. The normalized spacial score (nSPS) is 11.0. The second-order valence-corrected chi connectivity index (χ2v) is 7.49. The lowest BCUT2D eigenvalue weighted by molar-refractivity contribution is -0.384. The Labute approximate surface area is 183 Å². The average Bonchev–Trinajstić information content (AvgIpc) is 2.77. The van der Waals surface area contributed by atoms with Crippen molar-refractivity contribution in [2.24, 2.45) is 10.2 Å². The Morgan fingerprint density at radius 1 is 0.871 bits per heavy atom. The fourth-order valence-electron chi connectivity index (χ4n) is 3.16. The van der Waals surface area contributed by atoms with Crippen LogP contribution in [0.4, 0.5) is 17.1 Å². The molecule has 0 heterocycles. The molecule has 0 saturated carbocycles. The minimum Gasteiger partial charge on any atom is -0.427 e. The van der Waals surface area contributed by atoms with Crippen LogP contribution in [-0.4, -0.2) is 10.9 Å². The quantitative estimate of drug-likeness (QED) is 0.0769. The van der Waals surface area contributed by atoms with Gasteiger partial charge in [0.25, 0.3) is 5.69 Å². The van der Waals surface area contributed by atoms with E-state index in [0.717, 1.165) is 12.8 Å². The van der Waals surface area contributed by atoms with Crippen LogP contribution in [0.25, 0.3) is 0 Å². The first-order chi connectivity index (χ1) is 15.1. The van der Waals surface area contributed by atoms with Gasteiger partial charge in [0.15, 0.2) is 5.69 Å². The van der Waals surface area contributed by atoms with Crippen molar-refractivity contribution >= 4 is 23.0 Å². The molecule has 0 aromatic heterocycles. The summed E-state index contributed by atoms with van der Waals surface area (Å²) in [5, 5.41) is 19.0. The van der Waals surface area contributed by atoms with Gasteiger partial charge in [0, 0.05) is 12.5 Å². The second kappa shape index (κ2) is 14.0. The standard InChI is InChI=1S/C24H31N3O4/c1-2-3-4-5-6-7-8-9-10-15-24(28)31-21-18-16-20(17-19-21)25-26-22-13-11-12-14-23(22)27(29)30/h11-14,16-19H,2-10,15H2,1H3. The largest absolute Gasteiger partial charge is 0.427 e. The van der Waals surface area contributed by atoms with Gasteiger partial charge < -0.3 is 4.74 Å². The predicted octanol–water partition coefficient (Wildman–Crippen LogP) is 7.84. The molecule has 7 heteroatoms. The lowest BCUT2D eigenvalue weighted by Gasteiger charge is -2.05. The van der Waals surface area contributed by atoms with Crippen molar-refractivity contribution in [3.8, 4) is 5.75 Å². The number of benzene rings is 2. The molecular weight excluding hydrogens is 394 g/mol. The predicted molar refractivity (Wildman–Crippen MR) is 121 cm³/mol. The minimum absolute atomic E-state index is 0.103. The molecule has 166 valence electrons. The molecular formula is C24H31N3O4. The number of para-hydroxylation sites is 1. The van der Waals surface area contributed by atoms with E-state index in [1.807, 2.05) is 0 Å². The molecule has 0 radical (unpaired) electrons. The Hall–Kier alpha value is -3.09. The molecule has 0 aliphatic carbocycles. The molecule has 2 aromatic carbocycles. The third-order valence-electron chi connectivity index (χ3n) is 4.90. The fourth-order valence-corrected chi connectivity index (χ4v) is 3.16. The maximum Gasteiger partial charge on any atom is 0.311 e. The van der Waals surface area contributed by atoms with Crippen molar-refractivity contribution < 1.29 is 14.5 Å². The Morgan fingerprint density at radius 2 is 1.48 bits per heavy atom. The zero-order chi connectivity index (χ0) is 22.3. The first kappa shape index (κ1) is 24.2. The van der Waals surface area contributed by atoms with Crippen molar-refractivity contribution in [2.45, 2.75) is 71.1 Å². The van der Waals surface area contributed by atoms with Crippen LogP contribution in [0.3, 0.4) is 0 Å². The van der Waals surface area contributed by atoms with E-state index in [1.165, 1.54) is 57.1 Å². The van der Waals surface area contributed by atoms with E-state index < -0.39 is 4.92 Å². The third-order valence-corrected chi connectivity index (χ3v) is 4.90. The van der Waals surface area contributed by atoms with Gasteiger partial charge in [-0.15, -0.1) is 5.11 Å². The van der Waals surface area contributed by atoms with Gasteiger partial charge >= 0.3 is 5.97 Å². The zero-order valence-corrected chi connectivity index (χ0v) is 18.2. The van der Waals surface area contributed by atoms with Gasteiger partial charge in [-0.1, -0.05) is 70.4 Å². The summed E-state index contributed by atoms with van der Waals surface area (Å²) in [7, 11) is 0. The van der Waals surface area contributed by atoms with Gasteiger partial charge in [-0.3, -0.25) is 14.9 Å². The highest BCUT2D eigenvalue weighted by atomic mass is 16.6. The molecule has 0 N–H and O–H groups in total. The average molecular weight is 426 g/mol. The van der Waals surface area contributed by atoms with Crippen LogP contribution in [-0.2, 0) is 4.79 Å². The van der Waals surface area contributed by atoms with Gasteiger partial charge in [-0.2, -0.15) is 5.11 Å². The summed E-state index contributed by atoms with van der Waals surface area (Å²) in [6.07, 6.45) is 11.2. The van der Waals surface area contributed by atoms with E-state index in [4.69, 9.17) is 4.74 Å². The van der Waals surface area contributed by atoms with Crippen LogP contribution in [0.1, 0.15) is 71.1 Å². The topological polar surface area (TPSA) is 94.2 Å². The molecule has 0 bridgehead atoms. The van der Waals surface area contributed by atoms with E-state index in [9.17, 15) is 14.9 Å². The maximum atomic E-state index is 12.0. The highest BCUT2D eigenvalue weighted by molar-refractivity contribution is 5.72. The fraction of sp³-hybridized carbons (Fsp3) is 0.458. The number of azo groups is 1. The second-order valence-electron chi connectivity index (χ2n) is 7.49. The van der Waals surface area contributed by atoms with Crippen LogP contribution in [0, 0.1) is 10.1 Å². The number of unbranched alkanes of at least 4 members (excludes halogenated alkanes) is 8. The molecule has 7 nitrogen and oxygen atoms in total. The number of hydrogen-bond donors (Lipinski definition) is 0. The first-order valence-corrected chi connectivity index (χ1v) is 11.1. The molecule has 0 saturated heterocycles. The van der Waals surface area contributed by atoms with Gasteiger partial charge in [0.2, 0.25) is 0 Å². The number of hydrogen-bond acceptors (Lipinski definition) is 6. The molecule has 0 spiro atoms. The van der Waals surface area contributed by atoms with E-state index in [1.54, 1.807) is 36.4 Å². The highest BCUT2D eigenvalue weighted by Gasteiger charge is 2.11.